The molecular weight excluding hydrogens is 298 g/mol. The van der Waals surface area contributed by atoms with Crippen molar-refractivity contribution in [2.24, 2.45) is 7.05 Å². The highest BCUT2D eigenvalue weighted by Gasteiger charge is 2.37. The predicted octanol–water partition coefficient (Wildman–Crippen LogP) is 1.26. The van der Waals surface area contributed by atoms with Gasteiger partial charge >= 0.3 is 12.1 Å². The van der Waals surface area contributed by atoms with Gasteiger partial charge in [-0.25, -0.2) is 18.7 Å². The Kier molecular flexibility index (Phi) is 5.28. The third-order valence-electron chi connectivity index (χ3n) is 3.57. The summed E-state index contributed by atoms with van der Waals surface area (Å²) in [4.78, 5) is 25.9. The Balaban J connectivity index is 1.84. The van der Waals surface area contributed by atoms with E-state index in [0.717, 1.165) is 6.42 Å². The van der Waals surface area contributed by atoms with Crippen molar-refractivity contribution in [2.45, 2.75) is 51.8 Å². The van der Waals surface area contributed by atoms with E-state index >= 15 is 0 Å². The fourth-order valence-electron chi connectivity index (χ4n) is 2.53. The summed E-state index contributed by atoms with van der Waals surface area (Å²) in [5.41, 5.74) is -0.571. The topological polar surface area (TPSA) is 64.7 Å². The number of imidazole rings is 1. The molecule has 7 heteroatoms. The molecule has 1 fully saturated rings. The molecule has 0 N–H and O–H groups in total. The summed E-state index contributed by atoms with van der Waals surface area (Å²) < 4.78 is 14.5. The van der Waals surface area contributed by atoms with Gasteiger partial charge in [-0.3, -0.25) is 4.90 Å². The fraction of sp³-hybridized carbons (Fsp3) is 0.688. The van der Waals surface area contributed by atoms with Crippen LogP contribution in [-0.4, -0.2) is 46.3 Å². The van der Waals surface area contributed by atoms with Gasteiger partial charge in [0.05, 0.1) is 7.05 Å². The van der Waals surface area contributed by atoms with Crippen LogP contribution in [0.15, 0.2) is 18.7 Å². The third kappa shape index (κ3) is 4.97. The monoisotopic (exact) mass is 324 g/mol. The second-order valence-electron chi connectivity index (χ2n) is 6.82. The Morgan fingerprint density at radius 2 is 2.09 bits per heavy atom. The highest BCUT2D eigenvalue weighted by molar-refractivity contribution is 5.82. The molecule has 0 spiro atoms. The molecule has 1 aliphatic heterocycles. The molecule has 0 unspecified atom stereocenters. The average molecular weight is 324 g/mol. The molecule has 23 heavy (non-hydrogen) atoms. The van der Waals surface area contributed by atoms with Crippen LogP contribution in [0.4, 0.5) is 4.79 Å². The van der Waals surface area contributed by atoms with E-state index in [9.17, 15) is 9.59 Å². The Bertz CT molecular complexity index is 562. The van der Waals surface area contributed by atoms with E-state index in [-0.39, 0.29) is 12.6 Å². The van der Waals surface area contributed by atoms with E-state index in [1.54, 1.807) is 0 Å². The van der Waals surface area contributed by atoms with Gasteiger partial charge in [-0.1, -0.05) is 0 Å². The molecule has 1 aliphatic rings. The first-order valence-electron chi connectivity index (χ1n) is 7.93. The van der Waals surface area contributed by atoms with Crippen molar-refractivity contribution in [3.05, 3.63) is 18.7 Å². The highest BCUT2D eigenvalue weighted by Crippen LogP contribution is 2.21. The standard InChI is InChI=1S/C16H26N3O4/c1-16(2,3)23-15(21)19-7-5-6-13(19)14(20)22-11-10-18-9-8-17(4)12-18/h8-9,12-13H,5-7,10-11H2,1-4H3/q+1/t13-/m0/s1. The van der Waals surface area contributed by atoms with Crippen molar-refractivity contribution in [2.75, 3.05) is 13.2 Å². The minimum Gasteiger partial charge on any atom is -0.460 e. The van der Waals surface area contributed by atoms with Crippen LogP contribution >= 0.6 is 0 Å². The van der Waals surface area contributed by atoms with Crippen LogP contribution in [0.5, 0.6) is 0 Å². The lowest BCUT2D eigenvalue weighted by atomic mass is 10.2. The summed E-state index contributed by atoms with van der Waals surface area (Å²) in [5, 5.41) is 0. The lowest BCUT2D eigenvalue weighted by Crippen LogP contribution is -2.44. The molecule has 0 radical (unpaired) electrons. The summed E-state index contributed by atoms with van der Waals surface area (Å²) in [6.07, 6.45) is 6.70. The third-order valence-corrected chi connectivity index (χ3v) is 3.57. The number of aryl methyl sites for hydroxylation is 1. The number of carbonyl (C=O) groups is 2. The minimum atomic E-state index is -0.571. The Hall–Kier alpha value is -2.05. The summed E-state index contributed by atoms with van der Waals surface area (Å²) in [5.74, 6) is -0.357. The molecule has 128 valence electrons. The SMILES string of the molecule is C[n+]1ccn(CCOC(=O)[C@@H]2CCCN2C(=O)OC(C)(C)C)c1. The molecule has 0 saturated carbocycles. The van der Waals surface area contributed by atoms with Crippen molar-refractivity contribution in [1.29, 1.82) is 0 Å². The molecule has 7 nitrogen and oxygen atoms in total. The van der Waals surface area contributed by atoms with Gasteiger partial charge in [0.25, 0.3) is 0 Å². The summed E-state index contributed by atoms with van der Waals surface area (Å²) in [6.45, 7) is 6.84. The first-order chi connectivity index (χ1) is 10.8. The fourth-order valence-corrected chi connectivity index (χ4v) is 2.53. The van der Waals surface area contributed by atoms with Gasteiger partial charge in [0.2, 0.25) is 6.33 Å². The van der Waals surface area contributed by atoms with Crippen LogP contribution in [-0.2, 0) is 27.9 Å². The Labute approximate surface area is 136 Å². The zero-order chi connectivity index (χ0) is 17.0. The van der Waals surface area contributed by atoms with Gasteiger partial charge in [-0.05, 0) is 33.6 Å². The molecule has 1 aromatic rings. The number of hydrogen-bond donors (Lipinski definition) is 0. The molecule has 0 aromatic carbocycles. The second kappa shape index (κ2) is 7.02. The number of likely N-dealkylation sites (tertiary alicyclic amines) is 1. The first kappa shape index (κ1) is 17.3. The van der Waals surface area contributed by atoms with E-state index < -0.39 is 17.7 Å². The molecule has 1 aromatic heterocycles. The van der Waals surface area contributed by atoms with Crippen LogP contribution in [0.1, 0.15) is 33.6 Å². The number of amides is 1. The quantitative estimate of drug-likeness (QED) is 0.618. The van der Waals surface area contributed by atoms with Crippen LogP contribution in [0.3, 0.4) is 0 Å². The maximum absolute atomic E-state index is 12.2. The van der Waals surface area contributed by atoms with E-state index in [0.29, 0.717) is 19.5 Å². The second-order valence-corrected chi connectivity index (χ2v) is 6.82. The van der Waals surface area contributed by atoms with Crippen molar-refractivity contribution in [3.8, 4) is 0 Å². The van der Waals surface area contributed by atoms with Crippen LogP contribution in [0.2, 0.25) is 0 Å². The van der Waals surface area contributed by atoms with Crippen molar-refractivity contribution < 1.29 is 23.6 Å². The van der Waals surface area contributed by atoms with Gasteiger partial charge in [-0.2, -0.15) is 0 Å². The van der Waals surface area contributed by atoms with Crippen LogP contribution in [0.25, 0.3) is 0 Å². The molecule has 2 rings (SSSR count). The molecule has 1 atom stereocenters. The maximum Gasteiger partial charge on any atom is 0.411 e. The zero-order valence-corrected chi connectivity index (χ0v) is 14.3. The molecule has 1 amide bonds. The number of hydrogen-bond acceptors (Lipinski definition) is 4. The number of ether oxygens (including phenoxy) is 2. The normalized spacial score (nSPS) is 18.1. The summed E-state index contributed by atoms with van der Waals surface area (Å²) >= 11 is 0. The van der Waals surface area contributed by atoms with Gasteiger partial charge in [0.15, 0.2) is 0 Å². The van der Waals surface area contributed by atoms with E-state index in [4.69, 9.17) is 9.47 Å². The number of nitrogens with zero attached hydrogens (tertiary/aromatic N) is 3. The summed E-state index contributed by atoms with van der Waals surface area (Å²) in [6, 6.07) is -0.536. The van der Waals surface area contributed by atoms with E-state index in [2.05, 4.69) is 0 Å². The smallest absolute Gasteiger partial charge is 0.411 e. The molecule has 1 saturated heterocycles. The Morgan fingerprint density at radius 3 is 2.70 bits per heavy atom. The lowest BCUT2D eigenvalue weighted by Gasteiger charge is -2.27. The number of esters is 1. The molecular formula is C16H26N3O4+. The van der Waals surface area contributed by atoms with E-state index in [1.165, 1.54) is 4.90 Å². The highest BCUT2D eigenvalue weighted by atomic mass is 16.6. The number of rotatable bonds is 4. The van der Waals surface area contributed by atoms with Crippen molar-refractivity contribution in [3.63, 3.8) is 0 Å². The first-order valence-corrected chi connectivity index (χ1v) is 7.93. The molecule has 0 aliphatic carbocycles. The summed E-state index contributed by atoms with van der Waals surface area (Å²) in [7, 11) is 1.93. The van der Waals surface area contributed by atoms with Gasteiger partial charge in [0, 0.05) is 6.54 Å². The van der Waals surface area contributed by atoms with Crippen molar-refractivity contribution in [1.82, 2.24) is 9.47 Å². The Morgan fingerprint density at radius 1 is 1.35 bits per heavy atom. The van der Waals surface area contributed by atoms with Crippen LogP contribution < -0.4 is 4.57 Å². The van der Waals surface area contributed by atoms with Gasteiger partial charge in [-0.15, -0.1) is 0 Å². The lowest BCUT2D eigenvalue weighted by molar-refractivity contribution is -0.671. The van der Waals surface area contributed by atoms with Crippen molar-refractivity contribution >= 4 is 12.1 Å². The molecule has 2 heterocycles. The minimum absolute atomic E-state index is 0.284. The largest absolute Gasteiger partial charge is 0.460 e. The number of carbonyl (C=O) groups excluding carboxylic acids is 2. The van der Waals surface area contributed by atoms with E-state index in [1.807, 2.05) is 55.7 Å². The maximum atomic E-state index is 12.2. The average Bonchev–Trinajstić information content (AvgIpc) is 3.05. The van der Waals surface area contributed by atoms with Gasteiger partial charge in [0.1, 0.15) is 37.2 Å². The van der Waals surface area contributed by atoms with Gasteiger partial charge < -0.3 is 9.47 Å². The predicted molar refractivity (Wildman–Crippen MR) is 82.5 cm³/mol. The van der Waals surface area contributed by atoms with Crippen LogP contribution in [0, 0.1) is 0 Å². The zero-order valence-electron chi connectivity index (χ0n) is 14.3. The molecule has 0 bridgehead atoms. The number of aromatic nitrogens is 2.